The van der Waals surface area contributed by atoms with Gasteiger partial charge in [0.1, 0.15) is 5.01 Å². The van der Waals surface area contributed by atoms with E-state index in [-0.39, 0.29) is 11.9 Å². The fraction of sp³-hybridized carbons (Fsp3) is 0.222. The average molecular weight is 451 g/mol. The summed E-state index contributed by atoms with van der Waals surface area (Å²) in [4.78, 5) is 19.0. The number of amides is 1. The minimum atomic E-state index is -0.0209. The number of nitrogens with one attached hydrogen (secondary N) is 1. The van der Waals surface area contributed by atoms with Gasteiger partial charge >= 0.3 is 0 Å². The van der Waals surface area contributed by atoms with Gasteiger partial charge in [-0.1, -0.05) is 18.2 Å². The van der Waals surface area contributed by atoms with Crippen LogP contribution in [0.25, 0.3) is 10.2 Å². The summed E-state index contributed by atoms with van der Waals surface area (Å²) in [6.07, 6.45) is 0. The van der Waals surface area contributed by atoms with E-state index in [2.05, 4.69) is 45.9 Å². The number of para-hydroxylation sites is 1. The van der Waals surface area contributed by atoms with Crippen LogP contribution in [0.1, 0.15) is 18.0 Å². The van der Waals surface area contributed by atoms with Crippen LogP contribution in [0, 0.1) is 3.57 Å². The number of anilines is 1. The Hall–Kier alpha value is -1.51. The Kier molecular flexibility index (Phi) is 5.47. The first kappa shape index (κ1) is 17.3. The van der Waals surface area contributed by atoms with Crippen molar-refractivity contribution in [1.29, 1.82) is 0 Å². The van der Waals surface area contributed by atoms with Crippen molar-refractivity contribution in [1.82, 2.24) is 9.88 Å². The molecule has 1 heterocycles. The smallest absolute Gasteiger partial charge is 0.238 e. The minimum Gasteiger partial charge on any atom is -0.325 e. The Labute approximate surface area is 159 Å². The van der Waals surface area contributed by atoms with E-state index >= 15 is 0 Å². The number of fused-ring (bicyclic) bond motifs is 1. The Morgan fingerprint density at radius 1 is 1.29 bits per heavy atom. The molecule has 0 saturated carbocycles. The first-order valence-electron chi connectivity index (χ1n) is 7.64. The highest BCUT2D eigenvalue weighted by atomic mass is 127. The van der Waals surface area contributed by atoms with E-state index in [1.165, 1.54) is 4.70 Å². The molecule has 0 radical (unpaired) electrons. The fourth-order valence-electron chi connectivity index (χ4n) is 2.39. The third-order valence-electron chi connectivity index (χ3n) is 3.83. The van der Waals surface area contributed by atoms with E-state index in [4.69, 9.17) is 0 Å². The number of carbonyl (C=O) groups excluding carboxylic acids is 1. The third-order valence-corrected chi connectivity index (χ3v) is 5.71. The largest absolute Gasteiger partial charge is 0.325 e. The molecule has 0 aliphatic heterocycles. The molecule has 1 aromatic heterocycles. The number of halogens is 1. The van der Waals surface area contributed by atoms with Gasteiger partial charge in [0.2, 0.25) is 5.91 Å². The highest BCUT2D eigenvalue weighted by Gasteiger charge is 2.18. The number of benzene rings is 2. The topological polar surface area (TPSA) is 45.2 Å². The van der Waals surface area contributed by atoms with Gasteiger partial charge in [-0.25, -0.2) is 4.98 Å². The molecule has 1 amide bonds. The second kappa shape index (κ2) is 7.58. The summed E-state index contributed by atoms with van der Waals surface area (Å²) in [7, 11) is 1.95. The van der Waals surface area contributed by atoms with Crippen molar-refractivity contribution in [3.8, 4) is 0 Å². The van der Waals surface area contributed by atoms with Gasteiger partial charge in [0, 0.05) is 9.26 Å². The number of likely N-dealkylation sites (N-methyl/N-ethyl adjacent to an activating group) is 1. The van der Waals surface area contributed by atoms with Gasteiger partial charge in [0.25, 0.3) is 0 Å². The Morgan fingerprint density at radius 3 is 2.83 bits per heavy atom. The van der Waals surface area contributed by atoms with Crippen molar-refractivity contribution in [3.05, 3.63) is 57.1 Å². The van der Waals surface area contributed by atoms with E-state index in [0.717, 1.165) is 19.8 Å². The van der Waals surface area contributed by atoms with E-state index in [1.54, 1.807) is 11.3 Å². The Balaban J connectivity index is 1.65. The monoisotopic (exact) mass is 451 g/mol. The second-order valence-corrected chi connectivity index (χ2v) is 7.98. The van der Waals surface area contributed by atoms with E-state index in [1.807, 2.05) is 54.4 Å². The predicted molar refractivity (Wildman–Crippen MR) is 108 cm³/mol. The van der Waals surface area contributed by atoms with Gasteiger partial charge in [-0.05, 0) is 66.9 Å². The summed E-state index contributed by atoms with van der Waals surface area (Å²) in [5.74, 6) is -0.0209. The predicted octanol–water partition coefficient (Wildman–Crippen LogP) is 4.53. The van der Waals surface area contributed by atoms with Crippen LogP contribution >= 0.6 is 33.9 Å². The van der Waals surface area contributed by atoms with Crippen LogP contribution < -0.4 is 5.32 Å². The highest BCUT2D eigenvalue weighted by Crippen LogP contribution is 2.28. The van der Waals surface area contributed by atoms with Gasteiger partial charge < -0.3 is 5.32 Å². The first-order chi connectivity index (χ1) is 11.5. The van der Waals surface area contributed by atoms with Crippen LogP contribution in [0.15, 0.2) is 48.5 Å². The maximum Gasteiger partial charge on any atom is 0.238 e. The molecule has 0 unspecified atom stereocenters. The van der Waals surface area contributed by atoms with E-state index in [0.29, 0.717) is 6.54 Å². The van der Waals surface area contributed by atoms with Crippen LogP contribution in [-0.2, 0) is 4.79 Å². The summed E-state index contributed by atoms with van der Waals surface area (Å²) >= 11 is 3.92. The molecule has 0 aliphatic rings. The maximum atomic E-state index is 12.3. The zero-order valence-corrected chi connectivity index (χ0v) is 16.5. The van der Waals surface area contributed by atoms with Gasteiger partial charge in [-0.3, -0.25) is 9.69 Å². The highest BCUT2D eigenvalue weighted by molar-refractivity contribution is 14.1. The van der Waals surface area contributed by atoms with Crippen LogP contribution in [-0.4, -0.2) is 29.4 Å². The quantitative estimate of drug-likeness (QED) is 0.580. The molecule has 0 bridgehead atoms. The lowest BCUT2D eigenvalue weighted by Crippen LogP contribution is -2.32. The van der Waals surface area contributed by atoms with Crippen molar-refractivity contribution in [3.63, 3.8) is 0 Å². The molecule has 0 spiro atoms. The van der Waals surface area contributed by atoms with Gasteiger partial charge in [0.05, 0.1) is 22.8 Å². The molecule has 1 atom stereocenters. The van der Waals surface area contributed by atoms with Crippen molar-refractivity contribution >= 4 is 55.7 Å². The van der Waals surface area contributed by atoms with Crippen LogP contribution in [0.4, 0.5) is 5.69 Å². The van der Waals surface area contributed by atoms with Crippen LogP contribution in [0.5, 0.6) is 0 Å². The normalized spacial score (nSPS) is 12.5. The number of aromatic nitrogens is 1. The fourth-order valence-corrected chi connectivity index (χ4v) is 4.02. The molecule has 0 aliphatic carbocycles. The molecule has 124 valence electrons. The molecule has 2 aromatic carbocycles. The van der Waals surface area contributed by atoms with Crippen molar-refractivity contribution in [2.75, 3.05) is 18.9 Å². The molecule has 1 N–H and O–H groups in total. The number of thiazole rings is 1. The van der Waals surface area contributed by atoms with Gasteiger partial charge in [0.15, 0.2) is 0 Å². The summed E-state index contributed by atoms with van der Waals surface area (Å²) in [6.45, 7) is 2.40. The molecule has 6 heteroatoms. The molecule has 3 aromatic rings. The van der Waals surface area contributed by atoms with E-state index in [9.17, 15) is 4.79 Å². The van der Waals surface area contributed by atoms with Gasteiger partial charge in [-0.15, -0.1) is 11.3 Å². The number of hydrogen-bond acceptors (Lipinski definition) is 4. The van der Waals surface area contributed by atoms with E-state index < -0.39 is 0 Å². The second-order valence-electron chi connectivity index (χ2n) is 5.67. The summed E-state index contributed by atoms with van der Waals surface area (Å²) in [6, 6.07) is 16.0. The summed E-state index contributed by atoms with van der Waals surface area (Å²) < 4.78 is 2.28. The SMILES string of the molecule is C[C@H](c1nc2ccccc2s1)N(C)CC(=O)Nc1cccc(I)c1. The van der Waals surface area contributed by atoms with Crippen molar-refractivity contribution in [2.24, 2.45) is 0 Å². The number of nitrogens with zero attached hydrogens (tertiary/aromatic N) is 2. The minimum absolute atomic E-state index is 0.0209. The van der Waals surface area contributed by atoms with Crippen molar-refractivity contribution < 1.29 is 4.79 Å². The average Bonchev–Trinajstić information content (AvgIpc) is 2.97. The molecule has 0 fully saturated rings. The van der Waals surface area contributed by atoms with Crippen molar-refractivity contribution in [2.45, 2.75) is 13.0 Å². The summed E-state index contributed by atoms with van der Waals surface area (Å²) in [5.41, 5.74) is 1.84. The summed E-state index contributed by atoms with van der Waals surface area (Å²) in [5, 5.41) is 3.97. The zero-order valence-electron chi connectivity index (χ0n) is 13.5. The third kappa shape index (κ3) is 4.12. The molecule has 0 saturated heterocycles. The van der Waals surface area contributed by atoms with Crippen LogP contribution in [0.2, 0.25) is 0 Å². The number of carbonyl (C=O) groups is 1. The molecule has 24 heavy (non-hydrogen) atoms. The van der Waals surface area contributed by atoms with Crippen LogP contribution in [0.3, 0.4) is 0 Å². The number of rotatable bonds is 5. The molecule has 3 rings (SSSR count). The lowest BCUT2D eigenvalue weighted by Gasteiger charge is -2.22. The maximum absolute atomic E-state index is 12.3. The Morgan fingerprint density at radius 2 is 2.08 bits per heavy atom. The first-order valence-corrected chi connectivity index (χ1v) is 9.53. The lowest BCUT2D eigenvalue weighted by atomic mass is 10.3. The molecular formula is C18H18IN3OS. The Bertz CT molecular complexity index is 831. The lowest BCUT2D eigenvalue weighted by molar-refractivity contribution is -0.117. The molecular weight excluding hydrogens is 433 g/mol. The standard InChI is InChI=1S/C18H18IN3OS/c1-12(18-21-15-8-3-4-9-16(15)24-18)22(2)11-17(23)20-14-7-5-6-13(19)10-14/h3-10,12H,11H2,1-2H3,(H,20,23)/t12-/m1/s1. The number of hydrogen-bond donors (Lipinski definition) is 1. The molecule has 4 nitrogen and oxygen atoms in total. The zero-order chi connectivity index (χ0) is 17.1. The van der Waals surface area contributed by atoms with Gasteiger partial charge in [-0.2, -0.15) is 0 Å².